The lowest BCUT2D eigenvalue weighted by Crippen LogP contribution is -2.18. The molecular weight excluding hydrogens is 216 g/mol. The fourth-order valence-electron chi connectivity index (χ4n) is 1.28. The second-order valence-electron chi connectivity index (χ2n) is 3.27. The normalized spacial score (nSPS) is 12.5. The van der Waals surface area contributed by atoms with E-state index in [1.54, 1.807) is 25.3 Å². The summed E-state index contributed by atoms with van der Waals surface area (Å²) < 4.78 is 10.5. The van der Waals surface area contributed by atoms with Crippen LogP contribution in [0.25, 0.3) is 0 Å². The van der Waals surface area contributed by atoms with E-state index < -0.39 is 0 Å². The van der Waals surface area contributed by atoms with E-state index in [0.717, 1.165) is 0 Å². The summed E-state index contributed by atoms with van der Waals surface area (Å²) in [7, 11) is 1.61. The number of aliphatic hydroxyl groups excluding tert-OH is 1. The van der Waals surface area contributed by atoms with Gasteiger partial charge in [0, 0.05) is 12.7 Å². The molecule has 0 fully saturated rings. The minimum Gasteiger partial charge on any atom is -0.486 e. The molecule has 0 radical (unpaired) electrons. The molecule has 0 aliphatic heterocycles. The van der Waals surface area contributed by atoms with Gasteiger partial charge in [-0.1, -0.05) is 23.7 Å². The summed E-state index contributed by atoms with van der Waals surface area (Å²) in [5, 5.41) is 9.62. The van der Waals surface area contributed by atoms with Crippen LogP contribution in [0.2, 0.25) is 5.02 Å². The Labute approximate surface area is 94.6 Å². The monoisotopic (exact) mass is 230 g/mol. The molecule has 3 nitrogen and oxygen atoms in total. The standard InChI is InChI=1S/C11H15ClO3/c1-8(7-14-2)15-11-9(6-13)4-3-5-10(11)12/h3-5,8,13H,6-7H2,1-2H3. The van der Waals surface area contributed by atoms with Crippen molar-refractivity contribution in [1.82, 2.24) is 0 Å². The first kappa shape index (κ1) is 12.3. The van der Waals surface area contributed by atoms with Crippen LogP contribution in [-0.2, 0) is 11.3 Å². The molecule has 1 rings (SSSR count). The molecule has 4 heteroatoms. The molecule has 0 bridgehead atoms. The van der Waals surface area contributed by atoms with Gasteiger partial charge in [-0.25, -0.2) is 0 Å². The predicted octanol–water partition coefficient (Wildman–Crippen LogP) is 2.25. The van der Waals surface area contributed by atoms with Gasteiger partial charge in [-0.3, -0.25) is 0 Å². The molecule has 0 aliphatic rings. The van der Waals surface area contributed by atoms with Crippen LogP contribution in [0.5, 0.6) is 5.75 Å². The third-order valence-corrected chi connectivity index (χ3v) is 2.24. The summed E-state index contributed by atoms with van der Waals surface area (Å²) in [4.78, 5) is 0. The lowest BCUT2D eigenvalue weighted by molar-refractivity contribution is 0.0903. The molecular formula is C11H15ClO3. The van der Waals surface area contributed by atoms with Crippen LogP contribution in [0.15, 0.2) is 18.2 Å². The van der Waals surface area contributed by atoms with Gasteiger partial charge in [-0.15, -0.1) is 0 Å². The highest BCUT2D eigenvalue weighted by Crippen LogP contribution is 2.29. The van der Waals surface area contributed by atoms with Gasteiger partial charge in [-0.2, -0.15) is 0 Å². The molecule has 1 unspecified atom stereocenters. The highest BCUT2D eigenvalue weighted by Gasteiger charge is 2.11. The van der Waals surface area contributed by atoms with E-state index >= 15 is 0 Å². The van der Waals surface area contributed by atoms with Crippen LogP contribution in [0, 0.1) is 0 Å². The maximum absolute atomic E-state index is 9.12. The highest BCUT2D eigenvalue weighted by molar-refractivity contribution is 6.32. The zero-order chi connectivity index (χ0) is 11.3. The fraction of sp³-hybridized carbons (Fsp3) is 0.455. The number of methoxy groups -OCH3 is 1. The Morgan fingerprint density at radius 1 is 1.47 bits per heavy atom. The average Bonchev–Trinajstić information content (AvgIpc) is 2.21. The van der Waals surface area contributed by atoms with Crippen molar-refractivity contribution in [3.05, 3.63) is 28.8 Å². The number of halogens is 1. The Morgan fingerprint density at radius 3 is 2.80 bits per heavy atom. The van der Waals surface area contributed by atoms with Crippen molar-refractivity contribution in [2.45, 2.75) is 19.6 Å². The molecule has 1 N–H and O–H groups in total. The fourth-order valence-corrected chi connectivity index (χ4v) is 1.52. The van der Waals surface area contributed by atoms with E-state index in [-0.39, 0.29) is 12.7 Å². The number of ether oxygens (including phenoxy) is 2. The number of benzene rings is 1. The van der Waals surface area contributed by atoms with Crippen LogP contribution in [0.4, 0.5) is 0 Å². The Morgan fingerprint density at radius 2 is 2.20 bits per heavy atom. The Hall–Kier alpha value is -0.770. The summed E-state index contributed by atoms with van der Waals surface area (Å²) in [6, 6.07) is 5.29. The van der Waals surface area contributed by atoms with Gasteiger partial charge < -0.3 is 14.6 Å². The number of rotatable bonds is 5. The van der Waals surface area contributed by atoms with E-state index in [4.69, 9.17) is 26.2 Å². The van der Waals surface area contributed by atoms with E-state index in [9.17, 15) is 0 Å². The highest BCUT2D eigenvalue weighted by atomic mass is 35.5. The molecule has 15 heavy (non-hydrogen) atoms. The second kappa shape index (κ2) is 5.95. The van der Waals surface area contributed by atoms with E-state index in [1.807, 2.05) is 6.92 Å². The summed E-state index contributed by atoms with van der Waals surface area (Å²) in [6.07, 6.45) is -0.0970. The van der Waals surface area contributed by atoms with E-state index in [0.29, 0.717) is 22.9 Å². The average molecular weight is 231 g/mol. The molecule has 0 heterocycles. The SMILES string of the molecule is COCC(C)Oc1c(Cl)cccc1CO. The topological polar surface area (TPSA) is 38.7 Å². The smallest absolute Gasteiger partial charge is 0.143 e. The van der Waals surface area contributed by atoms with Crippen LogP contribution in [0.3, 0.4) is 0 Å². The van der Waals surface area contributed by atoms with Gasteiger partial charge in [-0.05, 0) is 13.0 Å². The molecule has 0 amide bonds. The quantitative estimate of drug-likeness (QED) is 0.843. The van der Waals surface area contributed by atoms with Crippen LogP contribution in [-0.4, -0.2) is 24.9 Å². The molecule has 0 aromatic heterocycles. The number of hydrogen-bond donors (Lipinski definition) is 1. The second-order valence-corrected chi connectivity index (χ2v) is 3.68. The van der Waals surface area contributed by atoms with Gasteiger partial charge in [0.15, 0.2) is 0 Å². The number of para-hydroxylation sites is 1. The maximum Gasteiger partial charge on any atom is 0.143 e. The summed E-state index contributed by atoms with van der Waals surface area (Å²) in [5.74, 6) is 0.534. The first-order chi connectivity index (χ1) is 7.19. The number of aliphatic hydroxyl groups is 1. The molecule has 1 atom stereocenters. The third kappa shape index (κ3) is 3.38. The maximum atomic E-state index is 9.12. The van der Waals surface area contributed by atoms with E-state index in [1.165, 1.54) is 0 Å². The van der Waals surface area contributed by atoms with Crippen molar-refractivity contribution in [3.63, 3.8) is 0 Å². The van der Waals surface area contributed by atoms with Crippen molar-refractivity contribution in [1.29, 1.82) is 0 Å². The zero-order valence-corrected chi connectivity index (χ0v) is 9.62. The van der Waals surface area contributed by atoms with Crippen LogP contribution in [0.1, 0.15) is 12.5 Å². The van der Waals surface area contributed by atoms with Gasteiger partial charge >= 0.3 is 0 Å². The van der Waals surface area contributed by atoms with Crippen molar-refractivity contribution < 1.29 is 14.6 Å². The molecule has 0 saturated heterocycles. The van der Waals surface area contributed by atoms with E-state index in [2.05, 4.69) is 0 Å². The molecule has 0 spiro atoms. The van der Waals surface area contributed by atoms with Crippen molar-refractivity contribution >= 4 is 11.6 Å². The minimum absolute atomic E-state index is 0.0877. The van der Waals surface area contributed by atoms with Crippen molar-refractivity contribution in [3.8, 4) is 5.75 Å². The first-order valence-electron chi connectivity index (χ1n) is 4.73. The Bertz CT molecular complexity index is 315. The summed E-state index contributed by atoms with van der Waals surface area (Å²) in [5.41, 5.74) is 0.686. The number of hydrogen-bond acceptors (Lipinski definition) is 3. The molecule has 1 aromatic rings. The molecule has 1 aromatic carbocycles. The molecule has 84 valence electrons. The van der Waals surface area contributed by atoms with Crippen LogP contribution >= 0.6 is 11.6 Å². The Balaban J connectivity index is 2.82. The van der Waals surface area contributed by atoms with Crippen molar-refractivity contribution in [2.75, 3.05) is 13.7 Å². The van der Waals surface area contributed by atoms with Gasteiger partial charge in [0.25, 0.3) is 0 Å². The summed E-state index contributed by atoms with van der Waals surface area (Å²) in [6.45, 7) is 2.28. The molecule has 0 aliphatic carbocycles. The van der Waals surface area contributed by atoms with Gasteiger partial charge in [0.2, 0.25) is 0 Å². The van der Waals surface area contributed by atoms with Gasteiger partial charge in [0.05, 0.1) is 18.2 Å². The first-order valence-corrected chi connectivity index (χ1v) is 5.10. The predicted molar refractivity (Wildman–Crippen MR) is 59.3 cm³/mol. The Kier molecular flexibility index (Phi) is 4.88. The van der Waals surface area contributed by atoms with Gasteiger partial charge in [0.1, 0.15) is 11.9 Å². The van der Waals surface area contributed by atoms with Crippen molar-refractivity contribution in [2.24, 2.45) is 0 Å². The van der Waals surface area contributed by atoms with Crippen LogP contribution < -0.4 is 4.74 Å². The lowest BCUT2D eigenvalue weighted by atomic mass is 10.2. The molecule has 0 saturated carbocycles. The largest absolute Gasteiger partial charge is 0.486 e. The third-order valence-electron chi connectivity index (χ3n) is 1.94. The summed E-state index contributed by atoms with van der Waals surface area (Å²) >= 11 is 5.98. The lowest BCUT2D eigenvalue weighted by Gasteiger charge is -2.17. The zero-order valence-electron chi connectivity index (χ0n) is 8.87. The minimum atomic E-state index is -0.0970.